The number of aromatic nitrogens is 5. The number of hydrogen-bond acceptors (Lipinski definition) is 7. The van der Waals surface area contributed by atoms with Crippen molar-refractivity contribution in [2.75, 3.05) is 18.9 Å². The van der Waals surface area contributed by atoms with Crippen LogP contribution in [0.1, 0.15) is 18.4 Å². The van der Waals surface area contributed by atoms with Gasteiger partial charge >= 0.3 is 0 Å². The Hall–Kier alpha value is -2.23. The number of ether oxygens (including phenoxy) is 1. The van der Waals surface area contributed by atoms with E-state index in [-0.39, 0.29) is 17.8 Å². The maximum atomic E-state index is 12.1. The van der Waals surface area contributed by atoms with Crippen molar-refractivity contribution < 1.29 is 9.53 Å². The predicted octanol–water partition coefficient (Wildman–Crippen LogP) is 2.31. The number of carbonyl (C=O) groups excluding carboxylic acids is 1. The summed E-state index contributed by atoms with van der Waals surface area (Å²) in [6.07, 6.45) is 3.65. The molecule has 1 saturated heterocycles. The molecule has 146 valence electrons. The monoisotopic (exact) mass is 418 g/mol. The largest absolute Gasteiger partial charge is 0.376 e. The van der Waals surface area contributed by atoms with Gasteiger partial charge < -0.3 is 10.1 Å². The number of thioether (sulfide) groups is 1. The summed E-state index contributed by atoms with van der Waals surface area (Å²) in [5.74, 6) is 0.198. The van der Waals surface area contributed by atoms with Gasteiger partial charge in [-0.05, 0) is 30.5 Å². The van der Waals surface area contributed by atoms with Gasteiger partial charge in [-0.15, -0.1) is 5.10 Å². The highest BCUT2D eigenvalue weighted by atomic mass is 35.5. The van der Waals surface area contributed by atoms with Crippen molar-refractivity contribution in [1.82, 2.24) is 30.3 Å². The van der Waals surface area contributed by atoms with Crippen LogP contribution in [0.2, 0.25) is 5.02 Å². The summed E-state index contributed by atoms with van der Waals surface area (Å²) in [7, 11) is 0. The second-order valence-corrected chi connectivity index (χ2v) is 7.85. The summed E-state index contributed by atoms with van der Waals surface area (Å²) in [4.78, 5) is 20.7. The highest BCUT2D eigenvalue weighted by molar-refractivity contribution is 8.00. The van der Waals surface area contributed by atoms with Crippen LogP contribution in [0.25, 0.3) is 11.2 Å². The van der Waals surface area contributed by atoms with Crippen LogP contribution in [0.4, 0.5) is 0 Å². The first-order chi connectivity index (χ1) is 13.7. The Balaban J connectivity index is 1.39. The molecule has 3 heterocycles. The third-order valence-corrected chi connectivity index (χ3v) is 5.63. The van der Waals surface area contributed by atoms with Gasteiger partial charge in [-0.25, -0.2) is 14.6 Å². The van der Waals surface area contributed by atoms with Crippen LogP contribution in [0.5, 0.6) is 0 Å². The maximum Gasteiger partial charge on any atom is 0.230 e. The number of rotatable bonds is 7. The Morgan fingerprint density at radius 3 is 2.96 bits per heavy atom. The number of fused-ring (bicyclic) bond motifs is 1. The topological polar surface area (TPSA) is 94.8 Å². The van der Waals surface area contributed by atoms with E-state index in [1.807, 2.05) is 24.3 Å². The van der Waals surface area contributed by atoms with Gasteiger partial charge in [0.05, 0.1) is 18.4 Å². The molecule has 10 heteroatoms. The van der Waals surface area contributed by atoms with Crippen molar-refractivity contribution >= 4 is 40.4 Å². The second kappa shape index (κ2) is 8.85. The normalized spacial score (nSPS) is 16.5. The molecule has 1 amide bonds. The zero-order chi connectivity index (χ0) is 19.3. The maximum absolute atomic E-state index is 12.1. The molecule has 1 aliphatic rings. The molecule has 0 bridgehead atoms. The summed E-state index contributed by atoms with van der Waals surface area (Å²) in [6, 6.07) is 7.54. The highest BCUT2D eigenvalue weighted by Gasteiger charge is 2.17. The van der Waals surface area contributed by atoms with E-state index in [4.69, 9.17) is 16.3 Å². The fourth-order valence-corrected chi connectivity index (χ4v) is 3.85. The standard InChI is InChI=1S/C18H19ClN6O2S/c19-13-5-3-12(4-6-13)9-25-17-16(23-24-25)18(22-11-21-17)28-10-15(26)20-8-14-2-1-7-27-14/h3-6,11,14H,1-2,7-10H2,(H,20,26)/t14-/m1/s1. The van der Waals surface area contributed by atoms with Crippen LogP contribution in [0.15, 0.2) is 35.6 Å². The van der Waals surface area contributed by atoms with E-state index in [9.17, 15) is 4.79 Å². The Labute approximate surface area is 171 Å². The van der Waals surface area contributed by atoms with Gasteiger partial charge in [0.15, 0.2) is 11.2 Å². The number of hydrogen-bond donors (Lipinski definition) is 1. The zero-order valence-corrected chi connectivity index (χ0v) is 16.6. The van der Waals surface area contributed by atoms with Gasteiger partial charge in [-0.2, -0.15) is 0 Å². The molecule has 3 aromatic rings. The van der Waals surface area contributed by atoms with E-state index < -0.39 is 0 Å². The first-order valence-corrected chi connectivity index (χ1v) is 10.3. The molecule has 1 fully saturated rings. The molecule has 1 aromatic carbocycles. The number of benzene rings is 1. The molecule has 1 aliphatic heterocycles. The Kier molecular flexibility index (Phi) is 6.04. The minimum atomic E-state index is -0.0548. The van der Waals surface area contributed by atoms with E-state index in [1.165, 1.54) is 18.1 Å². The molecule has 1 atom stereocenters. The molecule has 8 nitrogen and oxygen atoms in total. The smallest absolute Gasteiger partial charge is 0.230 e. The fourth-order valence-electron chi connectivity index (χ4n) is 2.96. The number of carbonyl (C=O) groups is 1. The summed E-state index contributed by atoms with van der Waals surface area (Å²) in [5, 5.41) is 12.6. The lowest BCUT2D eigenvalue weighted by atomic mass is 10.2. The Morgan fingerprint density at radius 2 is 2.18 bits per heavy atom. The quantitative estimate of drug-likeness (QED) is 0.464. The van der Waals surface area contributed by atoms with Crippen LogP contribution in [-0.2, 0) is 16.1 Å². The molecule has 0 aliphatic carbocycles. The van der Waals surface area contributed by atoms with Gasteiger partial charge in [0.1, 0.15) is 11.4 Å². The lowest BCUT2D eigenvalue weighted by molar-refractivity contribution is -0.119. The molecule has 4 rings (SSSR count). The minimum Gasteiger partial charge on any atom is -0.376 e. The van der Waals surface area contributed by atoms with E-state index in [2.05, 4.69) is 25.6 Å². The first kappa shape index (κ1) is 19.1. The molecule has 1 N–H and O–H groups in total. The third kappa shape index (κ3) is 4.60. The van der Waals surface area contributed by atoms with Gasteiger partial charge in [-0.1, -0.05) is 40.7 Å². The summed E-state index contributed by atoms with van der Waals surface area (Å²) >= 11 is 7.26. The van der Waals surface area contributed by atoms with E-state index in [0.717, 1.165) is 25.0 Å². The summed E-state index contributed by atoms with van der Waals surface area (Å²) < 4.78 is 7.22. The molecule has 28 heavy (non-hydrogen) atoms. The highest BCUT2D eigenvalue weighted by Crippen LogP contribution is 2.23. The molecule has 0 saturated carbocycles. The number of halogens is 1. The van der Waals surface area contributed by atoms with Gasteiger partial charge in [0.2, 0.25) is 5.91 Å². The molecular weight excluding hydrogens is 400 g/mol. The van der Waals surface area contributed by atoms with Crippen molar-refractivity contribution in [3.63, 3.8) is 0 Å². The lowest BCUT2D eigenvalue weighted by Gasteiger charge is -2.10. The summed E-state index contributed by atoms with van der Waals surface area (Å²) in [6.45, 7) is 1.85. The van der Waals surface area contributed by atoms with E-state index in [0.29, 0.717) is 34.3 Å². The van der Waals surface area contributed by atoms with Gasteiger partial charge in [0.25, 0.3) is 0 Å². The lowest BCUT2D eigenvalue weighted by Crippen LogP contribution is -2.32. The van der Waals surface area contributed by atoms with Crippen molar-refractivity contribution in [3.8, 4) is 0 Å². The SMILES string of the molecule is O=C(CSc1ncnc2c1nnn2Cc1ccc(Cl)cc1)NC[C@H]1CCCO1. The fraction of sp³-hybridized carbons (Fsp3) is 0.389. The van der Waals surface area contributed by atoms with Crippen LogP contribution in [-0.4, -0.2) is 55.9 Å². The van der Waals surface area contributed by atoms with Crippen molar-refractivity contribution in [2.24, 2.45) is 0 Å². The molecule has 0 spiro atoms. The van der Waals surface area contributed by atoms with Crippen molar-refractivity contribution in [3.05, 3.63) is 41.2 Å². The minimum absolute atomic E-state index is 0.0548. The Morgan fingerprint density at radius 1 is 1.32 bits per heavy atom. The van der Waals surface area contributed by atoms with Crippen LogP contribution >= 0.6 is 23.4 Å². The molecule has 2 aromatic heterocycles. The molecule has 0 unspecified atom stereocenters. The molecule has 0 radical (unpaired) electrons. The first-order valence-electron chi connectivity index (χ1n) is 8.99. The van der Waals surface area contributed by atoms with E-state index in [1.54, 1.807) is 4.68 Å². The van der Waals surface area contributed by atoms with E-state index >= 15 is 0 Å². The predicted molar refractivity (Wildman–Crippen MR) is 106 cm³/mol. The number of amides is 1. The van der Waals surface area contributed by atoms with Crippen molar-refractivity contribution in [2.45, 2.75) is 30.5 Å². The van der Waals surface area contributed by atoms with Crippen LogP contribution in [0, 0.1) is 0 Å². The van der Waals surface area contributed by atoms with Crippen molar-refractivity contribution in [1.29, 1.82) is 0 Å². The van der Waals surface area contributed by atoms with Crippen LogP contribution in [0.3, 0.4) is 0 Å². The second-order valence-electron chi connectivity index (χ2n) is 6.45. The zero-order valence-electron chi connectivity index (χ0n) is 15.0. The van der Waals surface area contributed by atoms with Gasteiger partial charge in [-0.3, -0.25) is 4.79 Å². The number of nitrogens with one attached hydrogen (secondary N) is 1. The summed E-state index contributed by atoms with van der Waals surface area (Å²) in [5.41, 5.74) is 2.26. The number of nitrogens with zero attached hydrogens (tertiary/aromatic N) is 5. The van der Waals surface area contributed by atoms with Crippen LogP contribution < -0.4 is 5.32 Å². The molecular formula is C18H19ClN6O2S. The van der Waals surface area contributed by atoms with Gasteiger partial charge in [0, 0.05) is 18.2 Å². The Bertz CT molecular complexity index is 958. The average molecular weight is 419 g/mol. The third-order valence-electron chi connectivity index (χ3n) is 4.40. The average Bonchev–Trinajstić information content (AvgIpc) is 3.37.